The van der Waals surface area contributed by atoms with Crippen molar-refractivity contribution in [3.05, 3.63) is 76.5 Å². The highest BCUT2D eigenvalue weighted by atomic mass is 19.4. The van der Waals surface area contributed by atoms with Gasteiger partial charge in [0.25, 0.3) is 0 Å². The van der Waals surface area contributed by atoms with Gasteiger partial charge in [0, 0.05) is 41.8 Å². The summed E-state index contributed by atoms with van der Waals surface area (Å²) in [5.41, 5.74) is 3.94. The van der Waals surface area contributed by atoms with E-state index >= 15 is 0 Å². The summed E-state index contributed by atoms with van der Waals surface area (Å²) in [6.45, 7) is 4.30. The second-order valence-corrected chi connectivity index (χ2v) is 9.61. The van der Waals surface area contributed by atoms with Crippen LogP contribution in [-0.4, -0.2) is 26.3 Å². The molecule has 9 heteroatoms. The van der Waals surface area contributed by atoms with Crippen LogP contribution in [0.5, 0.6) is 0 Å². The maximum absolute atomic E-state index is 13.3. The minimum atomic E-state index is -4.38. The number of anilines is 2. The normalized spacial score (nSPS) is 15.6. The van der Waals surface area contributed by atoms with E-state index in [1.807, 2.05) is 6.07 Å². The van der Waals surface area contributed by atoms with E-state index in [4.69, 9.17) is 4.98 Å². The predicted molar refractivity (Wildman–Crippen MR) is 133 cm³/mol. The topological polar surface area (TPSA) is 58.9 Å². The van der Waals surface area contributed by atoms with Crippen LogP contribution < -0.4 is 10.2 Å². The van der Waals surface area contributed by atoms with Gasteiger partial charge in [-0.2, -0.15) is 18.3 Å². The molecule has 6 nitrogen and oxygen atoms in total. The van der Waals surface area contributed by atoms with Crippen LogP contribution in [0.3, 0.4) is 0 Å². The van der Waals surface area contributed by atoms with Gasteiger partial charge in [-0.15, -0.1) is 5.10 Å². The first kappa shape index (κ1) is 22.8. The number of hydrogen-bond acceptors (Lipinski definition) is 5. The van der Waals surface area contributed by atoms with Gasteiger partial charge in [0.15, 0.2) is 5.82 Å². The fourth-order valence-electron chi connectivity index (χ4n) is 5.49. The predicted octanol–water partition coefficient (Wildman–Crippen LogP) is 5.66. The van der Waals surface area contributed by atoms with Crippen LogP contribution in [0.15, 0.2) is 42.6 Å². The largest absolute Gasteiger partial charge is 0.416 e. The molecule has 1 aliphatic carbocycles. The zero-order valence-corrected chi connectivity index (χ0v) is 20.1. The maximum Gasteiger partial charge on any atom is 0.416 e. The zero-order valence-electron chi connectivity index (χ0n) is 20.1. The summed E-state index contributed by atoms with van der Waals surface area (Å²) in [6.07, 6.45) is 1.98. The molecular formula is C27H27F3N6. The Bertz CT molecular complexity index is 1440. The van der Waals surface area contributed by atoms with Gasteiger partial charge in [0.2, 0.25) is 0 Å². The van der Waals surface area contributed by atoms with Crippen molar-refractivity contribution in [2.75, 3.05) is 16.8 Å². The zero-order chi connectivity index (χ0) is 24.9. The van der Waals surface area contributed by atoms with Gasteiger partial charge >= 0.3 is 6.18 Å². The molecule has 0 bridgehead atoms. The second-order valence-electron chi connectivity index (χ2n) is 9.61. The smallest absolute Gasteiger partial charge is 0.364 e. The van der Waals surface area contributed by atoms with Gasteiger partial charge in [-0.3, -0.25) is 0 Å². The van der Waals surface area contributed by atoms with Crippen molar-refractivity contribution < 1.29 is 13.2 Å². The van der Waals surface area contributed by atoms with E-state index in [-0.39, 0.29) is 12.1 Å². The molecule has 0 saturated heterocycles. The Morgan fingerprint density at radius 2 is 1.92 bits per heavy atom. The van der Waals surface area contributed by atoms with Gasteiger partial charge in [-0.1, -0.05) is 18.2 Å². The van der Waals surface area contributed by atoms with Crippen molar-refractivity contribution in [2.45, 2.75) is 58.4 Å². The summed E-state index contributed by atoms with van der Waals surface area (Å²) in [4.78, 5) is 7.28. The molecule has 3 heterocycles. The van der Waals surface area contributed by atoms with Gasteiger partial charge < -0.3 is 14.8 Å². The van der Waals surface area contributed by atoms with Crippen molar-refractivity contribution in [2.24, 2.45) is 0 Å². The molecular weight excluding hydrogens is 465 g/mol. The Balaban J connectivity index is 1.26. The summed E-state index contributed by atoms with van der Waals surface area (Å²) in [6, 6.07) is 10.5. The van der Waals surface area contributed by atoms with Crippen molar-refractivity contribution in [1.29, 1.82) is 0 Å². The van der Waals surface area contributed by atoms with Crippen LogP contribution in [0.4, 0.5) is 24.7 Å². The Kier molecular flexibility index (Phi) is 5.58. The highest BCUT2D eigenvalue weighted by Gasteiger charge is 2.32. The van der Waals surface area contributed by atoms with E-state index in [0.29, 0.717) is 11.4 Å². The third kappa shape index (κ3) is 4.06. The lowest BCUT2D eigenvalue weighted by atomic mass is 10.0. The number of aryl methyl sites for hydroxylation is 1. The number of nitrogens with zero attached hydrogens (tertiary/aromatic N) is 5. The van der Waals surface area contributed by atoms with E-state index in [1.165, 1.54) is 37.2 Å². The molecule has 2 aliphatic rings. The minimum absolute atomic E-state index is 0.220. The lowest BCUT2D eigenvalue weighted by molar-refractivity contribution is -0.138. The van der Waals surface area contributed by atoms with Crippen molar-refractivity contribution >= 4 is 22.3 Å². The van der Waals surface area contributed by atoms with E-state index < -0.39 is 11.7 Å². The Morgan fingerprint density at radius 3 is 2.78 bits per heavy atom. The highest BCUT2D eigenvalue weighted by molar-refractivity contribution is 5.93. The van der Waals surface area contributed by atoms with Crippen LogP contribution in [0.25, 0.3) is 10.8 Å². The Labute approximate surface area is 207 Å². The van der Waals surface area contributed by atoms with Crippen LogP contribution in [0.2, 0.25) is 0 Å². The fraction of sp³-hybridized carbons (Fsp3) is 0.370. The SMILES string of the molecule is Cc1c(CNc2nncc3ccc(N4CCn5c(nc6c5CCCC6)C4)cc23)cccc1C(F)(F)F. The molecule has 4 aromatic rings. The van der Waals surface area contributed by atoms with Crippen molar-refractivity contribution in [1.82, 2.24) is 19.7 Å². The van der Waals surface area contributed by atoms with Crippen LogP contribution in [-0.2, 0) is 38.7 Å². The van der Waals surface area contributed by atoms with Crippen LogP contribution in [0, 0.1) is 6.92 Å². The number of nitrogens with one attached hydrogen (secondary N) is 1. The van der Waals surface area contributed by atoms with Gasteiger partial charge in [0.1, 0.15) is 5.82 Å². The number of hydrogen-bond donors (Lipinski definition) is 1. The Hall–Kier alpha value is -3.62. The van der Waals surface area contributed by atoms with Gasteiger partial charge in [-0.25, -0.2) is 4.98 Å². The molecule has 6 rings (SSSR count). The average molecular weight is 493 g/mol. The molecule has 2 aromatic carbocycles. The first-order valence-electron chi connectivity index (χ1n) is 12.4. The molecule has 0 fully saturated rings. The lowest BCUT2D eigenvalue weighted by Crippen LogP contribution is -2.34. The first-order valence-corrected chi connectivity index (χ1v) is 12.4. The third-order valence-corrected chi connectivity index (χ3v) is 7.45. The molecule has 0 spiro atoms. The van der Waals surface area contributed by atoms with Crippen molar-refractivity contribution in [3.63, 3.8) is 0 Å². The molecule has 2 aromatic heterocycles. The summed E-state index contributed by atoms with van der Waals surface area (Å²) >= 11 is 0. The molecule has 0 amide bonds. The molecule has 1 N–H and O–H groups in total. The number of rotatable bonds is 4. The van der Waals surface area contributed by atoms with Crippen LogP contribution >= 0.6 is 0 Å². The number of alkyl halides is 3. The van der Waals surface area contributed by atoms with E-state index in [1.54, 1.807) is 12.3 Å². The Morgan fingerprint density at radius 1 is 1.06 bits per heavy atom. The van der Waals surface area contributed by atoms with E-state index in [9.17, 15) is 13.2 Å². The molecule has 186 valence electrons. The minimum Gasteiger partial charge on any atom is -0.364 e. The third-order valence-electron chi connectivity index (χ3n) is 7.45. The van der Waals surface area contributed by atoms with E-state index in [2.05, 4.69) is 37.1 Å². The molecule has 36 heavy (non-hydrogen) atoms. The lowest BCUT2D eigenvalue weighted by Gasteiger charge is -2.31. The average Bonchev–Trinajstić information content (AvgIpc) is 3.25. The first-order chi connectivity index (χ1) is 17.4. The standard InChI is InChI=1S/C27H27F3N6/c1-17-18(5-4-6-22(17)27(28,29)30)14-31-26-21-13-20(10-9-19(21)15-32-34-26)35-11-12-36-24-8-3-2-7-23(24)33-25(36)16-35/h4-6,9-10,13,15H,2-3,7-8,11-12,14,16H2,1H3,(H,31,34). The molecule has 0 radical (unpaired) electrons. The van der Waals surface area contributed by atoms with Gasteiger partial charge in [-0.05, 0) is 61.9 Å². The monoisotopic (exact) mass is 492 g/mol. The number of benzene rings is 2. The molecule has 0 atom stereocenters. The number of fused-ring (bicyclic) bond motifs is 4. The summed E-state index contributed by atoms with van der Waals surface area (Å²) < 4.78 is 42.4. The maximum atomic E-state index is 13.3. The van der Waals surface area contributed by atoms with E-state index in [0.717, 1.165) is 60.8 Å². The van der Waals surface area contributed by atoms with Crippen molar-refractivity contribution in [3.8, 4) is 0 Å². The summed E-state index contributed by atoms with van der Waals surface area (Å²) in [5, 5.41) is 13.4. The quantitative estimate of drug-likeness (QED) is 0.398. The number of halogens is 3. The molecule has 1 aliphatic heterocycles. The molecule has 0 unspecified atom stereocenters. The summed E-state index contributed by atoms with van der Waals surface area (Å²) in [5.74, 6) is 1.68. The number of aromatic nitrogens is 4. The second kappa shape index (κ2) is 8.80. The number of imidazole rings is 1. The fourth-order valence-corrected chi connectivity index (χ4v) is 5.49. The highest BCUT2D eigenvalue weighted by Crippen LogP contribution is 2.34. The van der Waals surface area contributed by atoms with Gasteiger partial charge in [0.05, 0.1) is 24.0 Å². The molecule has 0 saturated carbocycles. The summed E-state index contributed by atoms with van der Waals surface area (Å²) in [7, 11) is 0. The van der Waals surface area contributed by atoms with Crippen LogP contribution in [0.1, 0.15) is 46.7 Å².